The quantitative estimate of drug-likeness (QED) is 0.843. The van der Waals surface area contributed by atoms with Crippen LogP contribution in [-0.2, 0) is 22.5 Å². The second kappa shape index (κ2) is 8.05. The zero-order valence-electron chi connectivity index (χ0n) is 14.8. The summed E-state index contributed by atoms with van der Waals surface area (Å²) in [6.45, 7) is 5.12. The van der Waals surface area contributed by atoms with Gasteiger partial charge in [0.2, 0.25) is 11.7 Å². The fraction of sp³-hybridized carbons (Fsp3) is 0.471. The normalized spacial score (nSPS) is 17.2. The molecule has 0 saturated carbocycles. The van der Waals surface area contributed by atoms with Crippen molar-refractivity contribution in [2.24, 2.45) is 0 Å². The van der Waals surface area contributed by atoms with E-state index in [1.807, 2.05) is 6.92 Å². The Hall–Kier alpha value is -2.81. The number of ether oxygens (including phenoxy) is 1. The molecule has 3 heterocycles. The van der Waals surface area contributed by atoms with Crippen LogP contribution in [0, 0.1) is 0 Å². The number of amides is 2. The molecule has 1 aliphatic heterocycles. The lowest BCUT2D eigenvalue weighted by Crippen LogP contribution is -2.41. The zero-order valence-corrected chi connectivity index (χ0v) is 14.8. The van der Waals surface area contributed by atoms with Crippen molar-refractivity contribution in [1.82, 2.24) is 25.3 Å². The highest BCUT2D eigenvalue weighted by Gasteiger charge is 2.25. The molecule has 0 radical (unpaired) electrons. The predicted octanol–water partition coefficient (Wildman–Crippen LogP) is 0.877. The van der Waals surface area contributed by atoms with Crippen molar-refractivity contribution in [3.05, 3.63) is 41.3 Å². The molecule has 1 aliphatic rings. The van der Waals surface area contributed by atoms with Gasteiger partial charge in [-0.15, -0.1) is 0 Å². The Morgan fingerprint density at radius 2 is 2.23 bits per heavy atom. The Morgan fingerprint density at radius 1 is 1.38 bits per heavy atom. The van der Waals surface area contributed by atoms with E-state index in [0.717, 1.165) is 5.69 Å². The molecule has 0 spiro atoms. The van der Waals surface area contributed by atoms with Gasteiger partial charge in [0.15, 0.2) is 5.82 Å². The highest BCUT2D eigenvalue weighted by molar-refractivity contribution is 5.91. The van der Waals surface area contributed by atoms with Crippen LogP contribution in [0.2, 0.25) is 0 Å². The molecular weight excluding hydrogens is 338 g/mol. The molecule has 1 fully saturated rings. The lowest BCUT2D eigenvalue weighted by atomic mass is 10.2. The van der Waals surface area contributed by atoms with Crippen LogP contribution in [0.5, 0.6) is 0 Å². The lowest BCUT2D eigenvalue weighted by Gasteiger charge is -2.31. The van der Waals surface area contributed by atoms with E-state index < -0.39 is 0 Å². The van der Waals surface area contributed by atoms with Crippen molar-refractivity contribution in [3.63, 3.8) is 0 Å². The summed E-state index contributed by atoms with van der Waals surface area (Å²) in [7, 11) is 0. The second-order valence-electron chi connectivity index (χ2n) is 5.95. The number of carbonyl (C=O) groups is 2. The van der Waals surface area contributed by atoms with Crippen molar-refractivity contribution in [3.8, 4) is 0 Å². The summed E-state index contributed by atoms with van der Waals surface area (Å²) >= 11 is 0. The van der Waals surface area contributed by atoms with E-state index in [0.29, 0.717) is 37.6 Å². The molecule has 2 amide bonds. The number of carbonyl (C=O) groups excluding carboxylic acids is 2. The van der Waals surface area contributed by atoms with Crippen molar-refractivity contribution in [1.29, 1.82) is 0 Å². The maximum Gasteiger partial charge on any atom is 0.290 e. The van der Waals surface area contributed by atoms with Crippen LogP contribution in [0.4, 0.5) is 0 Å². The number of hydrogen-bond donors (Lipinski definition) is 1. The van der Waals surface area contributed by atoms with Crippen LogP contribution in [-0.4, -0.2) is 51.5 Å². The third-order valence-electron chi connectivity index (χ3n) is 4.11. The van der Waals surface area contributed by atoms with Crippen LogP contribution in [0.1, 0.15) is 47.7 Å². The standard InChI is InChI=1S/C17H21N5O4/c1-3-12-8-14(26-21-12)17(24)19-9-13-4-5-18-16(20-13)15-10-22(11(2)23)6-7-25-15/h4-5,8,15H,3,6-7,9-10H2,1-2H3,(H,19,24). The topological polar surface area (TPSA) is 110 Å². The highest BCUT2D eigenvalue weighted by Crippen LogP contribution is 2.19. The summed E-state index contributed by atoms with van der Waals surface area (Å²) in [6, 6.07) is 3.33. The lowest BCUT2D eigenvalue weighted by molar-refractivity contribution is -0.136. The minimum absolute atomic E-state index is 0.000207. The molecule has 0 aromatic carbocycles. The molecule has 1 N–H and O–H groups in total. The smallest absolute Gasteiger partial charge is 0.290 e. The first-order chi connectivity index (χ1) is 12.6. The Balaban J connectivity index is 1.62. The number of nitrogens with one attached hydrogen (secondary N) is 1. The fourth-order valence-electron chi connectivity index (χ4n) is 2.60. The molecule has 9 heteroatoms. The molecule has 0 aliphatic carbocycles. The van der Waals surface area contributed by atoms with Crippen molar-refractivity contribution in [2.75, 3.05) is 19.7 Å². The Kier molecular flexibility index (Phi) is 5.57. The zero-order chi connectivity index (χ0) is 18.5. The number of nitrogens with zero attached hydrogens (tertiary/aromatic N) is 4. The minimum atomic E-state index is -0.371. The van der Waals surface area contributed by atoms with Gasteiger partial charge >= 0.3 is 0 Å². The van der Waals surface area contributed by atoms with E-state index in [4.69, 9.17) is 9.26 Å². The second-order valence-corrected chi connectivity index (χ2v) is 5.95. The Labute approximate surface area is 150 Å². The molecular formula is C17H21N5O4. The van der Waals surface area contributed by atoms with Crippen LogP contribution in [0.3, 0.4) is 0 Å². The Morgan fingerprint density at radius 3 is 2.96 bits per heavy atom. The highest BCUT2D eigenvalue weighted by atomic mass is 16.5. The van der Waals surface area contributed by atoms with Gasteiger partial charge in [0.05, 0.1) is 31.1 Å². The van der Waals surface area contributed by atoms with E-state index in [9.17, 15) is 9.59 Å². The first-order valence-electron chi connectivity index (χ1n) is 8.49. The average Bonchev–Trinajstić information content (AvgIpc) is 3.16. The monoisotopic (exact) mass is 359 g/mol. The van der Waals surface area contributed by atoms with Gasteiger partial charge in [-0.05, 0) is 12.5 Å². The van der Waals surface area contributed by atoms with Gasteiger partial charge in [-0.2, -0.15) is 0 Å². The van der Waals surface area contributed by atoms with Crippen LogP contribution >= 0.6 is 0 Å². The van der Waals surface area contributed by atoms with Crippen molar-refractivity contribution >= 4 is 11.8 Å². The fourth-order valence-corrected chi connectivity index (χ4v) is 2.60. The number of rotatable bonds is 5. The molecule has 1 saturated heterocycles. The number of hydrogen-bond acceptors (Lipinski definition) is 7. The molecule has 0 bridgehead atoms. The largest absolute Gasteiger partial charge is 0.367 e. The number of aryl methyl sites for hydroxylation is 1. The summed E-state index contributed by atoms with van der Waals surface area (Å²) in [5.74, 6) is 0.314. The van der Waals surface area contributed by atoms with Gasteiger partial charge in [-0.3, -0.25) is 9.59 Å². The molecule has 1 atom stereocenters. The summed E-state index contributed by atoms with van der Waals surface area (Å²) in [4.78, 5) is 34.0. The molecule has 2 aromatic rings. The molecule has 2 aromatic heterocycles. The minimum Gasteiger partial charge on any atom is -0.367 e. The van der Waals surface area contributed by atoms with Gasteiger partial charge in [-0.25, -0.2) is 9.97 Å². The van der Waals surface area contributed by atoms with E-state index in [1.165, 1.54) is 6.92 Å². The van der Waals surface area contributed by atoms with Gasteiger partial charge < -0.3 is 19.5 Å². The van der Waals surface area contributed by atoms with Crippen LogP contribution in [0.15, 0.2) is 22.9 Å². The van der Waals surface area contributed by atoms with Crippen LogP contribution in [0.25, 0.3) is 0 Å². The van der Waals surface area contributed by atoms with Crippen LogP contribution < -0.4 is 5.32 Å². The SMILES string of the molecule is CCc1cc(C(=O)NCc2ccnc(C3CN(C(C)=O)CCO3)n2)on1. The third-order valence-corrected chi connectivity index (χ3v) is 4.11. The maximum absolute atomic E-state index is 12.1. The van der Waals surface area contributed by atoms with E-state index in [2.05, 4.69) is 20.4 Å². The summed E-state index contributed by atoms with van der Waals surface area (Å²) < 4.78 is 10.7. The molecule has 9 nitrogen and oxygen atoms in total. The van der Waals surface area contributed by atoms with Gasteiger partial charge in [0, 0.05) is 25.7 Å². The third kappa shape index (κ3) is 4.23. The predicted molar refractivity (Wildman–Crippen MR) is 90.0 cm³/mol. The molecule has 26 heavy (non-hydrogen) atoms. The van der Waals surface area contributed by atoms with E-state index in [1.54, 1.807) is 23.2 Å². The van der Waals surface area contributed by atoms with E-state index in [-0.39, 0.29) is 30.2 Å². The molecule has 1 unspecified atom stereocenters. The van der Waals surface area contributed by atoms with Gasteiger partial charge in [-0.1, -0.05) is 12.1 Å². The first kappa shape index (κ1) is 18.0. The number of morpholine rings is 1. The number of aromatic nitrogens is 3. The van der Waals surface area contributed by atoms with Gasteiger partial charge in [0.25, 0.3) is 5.91 Å². The van der Waals surface area contributed by atoms with E-state index >= 15 is 0 Å². The maximum atomic E-state index is 12.1. The van der Waals surface area contributed by atoms with Gasteiger partial charge in [0.1, 0.15) is 6.10 Å². The Bertz CT molecular complexity index is 791. The summed E-state index contributed by atoms with van der Waals surface area (Å²) in [6.07, 6.45) is 1.94. The molecule has 138 valence electrons. The van der Waals surface area contributed by atoms with Crippen molar-refractivity contribution < 1.29 is 18.8 Å². The summed E-state index contributed by atoms with van der Waals surface area (Å²) in [5.41, 5.74) is 1.37. The summed E-state index contributed by atoms with van der Waals surface area (Å²) in [5, 5.41) is 6.54. The molecule has 3 rings (SSSR count). The van der Waals surface area contributed by atoms with Crippen molar-refractivity contribution in [2.45, 2.75) is 32.9 Å². The average molecular weight is 359 g/mol. The first-order valence-corrected chi connectivity index (χ1v) is 8.49.